The van der Waals surface area contributed by atoms with Gasteiger partial charge in [-0.05, 0) is 30.9 Å². The predicted molar refractivity (Wildman–Crippen MR) is 123 cm³/mol. The average Bonchev–Trinajstić information content (AvgIpc) is 3.31. The Labute approximate surface area is 198 Å². The monoisotopic (exact) mass is 470 g/mol. The fourth-order valence-corrected chi connectivity index (χ4v) is 3.99. The summed E-state index contributed by atoms with van der Waals surface area (Å²) in [4.78, 5) is 38.9. The van der Waals surface area contributed by atoms with Gasteiger partial charge < -0.3 is 25.0 Å². The molecule has 3 rings (SSSR count). The first-order valence-corrected chi connectivity index (χ1v) is 11.2. The van der Waals surface area contributed by atoms with E-state index >= 15 is 0 Å². The van der Waals surface area contributed by atoms with E-state index in [9.17, 15) is 24.6 Å². The van der Waals surface area contributed by atoms with Crippen molar-refractivity contribution in [3.8, 4) is 0 Å². The number of rotatable bonds is 10. The normalized spacial score (nSPS) is 19.3. The molecule has 182 valence electrons. The highest BCUT2D eigenvalue weighted by molar-refractivity contribution is 5.93. The van der Waals surface area contributed by atoms with Crippen LogP contribution in [0.1, 0.15) is 30.9 Å². The van der Waals surface area contributed by atoms with Gasteiger partial charge in [-0.15, -0.1) is 0 Å². The van der Waals surface area contributed by atoms with Gasteiger partial charge in [-0.2, -0.15) is 0 Å². The lowest BCUT2D eigenvalue weighted by atomic mass is 9.95. The molecule has 1 aliphatic heterocycles. The van der Waals surface area contributed by atoms with E-state index in [1.165, 1.54) is 0 Å². The van der Waals surface area contributed by atoms with Gasteiger partial charge in [-0.3, -0.25) is 9.69 Å². The molecule has 3 N–H and O–H groups in total. The minimum absolute atomic E-state index is 0.00381. The lowest BCUT2D eigenvalue weighted by molar-refractivity contribution is -0.155. The lowest BCUT2D eigenvalue weighted by Gasteiger charge is -2.35. The third-order valence-electron chi connectivity index (χ3n) is 5.99. The molecule has 9 nitrogen and oxygen atoms in total. The zero-order chi connectivity index (χ0) is 24.6. The number of carboxylic acid groups (broad SMARTS) is 1. The molecular weight excluding hydrogens is 440 g/mol. The number of likely N-dealkylation sites (tertiary alicyclic amines) is 1. The molecule has 3 atom stereocenters. The van der Waals surface area contributed by atoms with Crippen LogP contribution in [0.15, 0.2) is 60.7 Å². The summed E-state index contributed by atoms with van der Waals surface area (Å²) in [6.07, 6.45) is -1.53. The maximum absolute atomic E-state index is 13.2. The quantitative estimate of drug-likeness (QED) is 0.455. The van der Waals surface area contributed by atoms with Crippen molar-refractivity contribution in [1.29, 1.82) is 0 Å². The Kier molecular flexibility index (Phi) is 8.61. The van der Waals surface area contributed by atoms with E-state index in [1.54, 1.807) is 19.1 Å². The molecule has 2 aromatic rings. The SMILES string of the molecule is CC(OCc1ccccc1)C(NC(=O)[C@]1(CO)CCCN1C(=O)O)C(=O)OCc1ccccc1. The highest BCUT2D eigenvalue weighted by Gasteiger charge is 2.51. The summed E-state index contributed by atoms with van der Waals surface area (Å²) >= 11 is 0. The summed E-state index contributed by atoms with van der Waals surface area (Å²) in [5, 5.41) is 22.1. The van der Waals surface area contributed by atoms with E-state index in [0.717, 1.165) is 16.0 Å². The molecule has 0 aliphatic carbocycles. The van der Waals surface area contributed by atoms with Gasteiger partial charge in [-0.25, -0.2) is 9.59 Å². The molecule has 0 aromatic heterocycles. The van der Waals surface area contributed by atoms with Gasteiger partial charge in [-0.1, -0.05) is 60.7 Å². The summed E-state index contributed by atoms with van der Waals surface area (Å²) in [5.41, 5.74) is -0.00151. The molecule has 1 saturated heterocycles. The molecule has 0 saturated carbocycles. The van der Waals surface area contributed by atoms with E-state index in [1.807, 2.05) is 48.5 Å². The van der Waals surface area contributed by atoms with Gasteiger partial charge in [0, 0.05) is 6.54 Å². The second-order valence-electron chi connectivity index (χ2n) is 8.27. The molecular formula is C25H30N2O7. The standard InChI is InChI=1S/C25H30N2O7/c1-18(33-15-19-9-4-2-5-10-19)21(22(29)34-16-20-11-6-3-7-12-20)26-23(30)25(17-28)13-8-14-27(25)24(31)32/h2-7,9-12,18,21,28H,8,13-17H2,1H3,(H,26,30)(H,31,32)/t18?,21?,25-/m1/s1. The van der Waals surface area contributed by atoms with E-state index < -0.39 is 42.3 Å². The summed E-state index contributed by atoms with van der Waals surface area (Å²) in [6.45, 7) is 1.26. The Bertz CT molecular complexity index is 970. The first kappa shape index (κ1) is 25.2. The van der Waals surface area contributed by atoms with Crippen molar-refractivity contribution in [3.05, 3.63) is 71.8 Å². The summed E-state index contributed by atoms with van der Waals surface area (Å²) in [6, 6.07) is 17.2. The number of nitrogens with one attached hydrogen (secondary N) is 1. The minimum atomic E-state index is -1.66. The second kappa shape index (κ2) is 11.6. The molecule has 1 heterocycles. The highest BCUT2D eigenvalue weighted by atomic mass is 16.5. The van der Waals surface area contributed by atoms with Gasteiger partial charge >= 0.3 is 12.1 Å². The molecule has 1 aliphatic rings. The van der Waals surface area contributed by atoms with Crippen molar-refractivity contribution >= 4 is 18.0 Å². The van der Waals surface area contributed by atoms with E-state index in [0.29, 0.717) is 6.42 Å². The maximum Gasteiger partial charge on any atom is 0.408 e. The zero-order valence-electron chi connectivity index (χ0n) is 19.1. The summed E-state index contributed by atoms with van der Waals surface area (Å²) < 4.78 is 11.3. The van der Waals surface area contributed by atoms with Crippen LogP contribution >= 0.6 is 0 Å². The summed E-state index contributed by atoms with van der Waals surface area (Å²) in [5.74, 6) is -1.47. The lowest BCUT2D eigenvalue weighted by Crippen LogP contribution is -2.63. The topological polar surface area (TPSA) is 125 Å². The minimum Gasteiger partial charge on any atom is -0.465 e. The Balaban J connectivity index is 1.76. The van der Waals surface area contributed by atoms with Gasteiger partial charge in [0.15, 0.2) is 6.04 Å². The van der Waals surface area contributed by atoms with Crippen LogP contribution in [0.25, 0.3) is 0 Å². The molecule has 9 heteroatoms. The van der Waals surface area contributed by atoms with Crippen molar-refractivity contribution in [2.75, 3.05) is 13.2 Å². The van der Waals surface area contributed by atoms with Crippen LogP contribution in [0.5, 0.6) is 0 Å². The first-order chi connectivity index (χ1) is 16.4. The summed E-state index contributed by atoms with van der Waals surface area (Å²) in [7, 11) is 0. The molecule has 0 bridgehead atoms. The largest absolute Gasteiger partial charge is 0.465 e. The number of carbonyl (C=O) groups excluding carboxylic acids is 2. The number of aliphatic hydroxyl groups is 1. The van der Waals surface area contributed by atoms with Gasteiger partial charge in [0.1, 0.15) is 12.1 Å². The number of amides is 2. The molecule has 2 aromatic carbocycles. The van der Waals surface area contributed by atoms with Crippen molar-refractivity contribution in [1.82, 2.24) is 10.2 Å². The van der Waals surface area contributed by atoms with Crippen LogP contribution in [-0.2, 0) is 32.3 Å². The fraction of sp³-hybridized carbons (Fsp3) is 0.400. The van der Waals surface area contributed by atoms with Crippen molar-refractivity contribution in [2.45, 2.75) is 50.7 Å². The number of hydrogen-bond acceptors (Lipinski definition) is 6. The smallest absolute Gasteiger partial charge is 0.408 e. The average molecular weight is 471 g/mol. The molecule has 34 heavy (non-hydrogen) atoms. The molecule has 0 spiro atoms. The Morgan fingerprint density at radius 2 is 1.62 bits per heavy atom. The van der Waals surface area contributed by atoms with Crippen LogP contribution < -0.4 is 5.32 Å². The first-order valence-electron chi connectivity index (χ1n) is 11.2. The van der Waals surface area contributed by atoms with Crippen molar-refractivity contribution in [3.63, 3.8) is 0 Å². The number of carbonyl (C=O) groups is 3. The van der Waals surface area contributed by atoms with Gasteiger partial charge in [0.2, 0.25) is 5.91 Å². The Morgan fingerprint density at radius 1 is 1.03 bits per heavy atom. The molecule has 1 fully saturated rings. The van der Waals surface area contributed by atoms with Gasteiger partial charge in [0.25, 0.3) is 0 Å². The third kappa shape index (κ3) is 5.92. The van der Waals surface area contributed by atoms with Crippen molar-refractivity contribution in [2.24, 2.45) is 0 Å². The van der Waals surface area contributed by atoms with Crippen LogP contribution in [0.2, 0.25) is 0 Å². The van der Waals surface area contributed by atoms with Gasteiger partial charge in [0.05, 0.1) is 19.3 Å². The number of ether oxygens (including phenoxy) is 2. The van der Waals surface area contributed by atoms with Crippen LogP contribution in [0.4, 0.5) is 4.79 Å². The maximum atomic E-state index is 13.2. The number of benzene rings is 2. The Hall–Kier alpha value is -3.43. The van der Waals surface area contributed by atoms with E-state index in [2.05, 4.69) is 5.32 Å². The van der Waals surface area contributed by atoms with Crippen molar-refractivity contribution < 1.29 is 34.1 Å². The number of hydrogen-bond donors (Lipinski definition) is 3. The third-order valence-corrected chi connectivity index (χ3v) is 5.99. The number of nitrogens with zero attached hydrogens (tertiary/aromatic N) is 1. The molecule has 0 radical (unpaired) electrons. The molecule has 2 unspecified atom stereocenters. The van der Waals surface area contributed by atoms with Crippen LogP contribution in [0, 0.1) is 0 Å². The second-order valence-corrected chi connectivity index (χ2v) is 8.27. The van der Waals surface area contributed by atoms with E-state index in [4.69, 9.17) is 9.47 Å². The Morgan fingerprint density at radius 3 is 2.18 bits per heavy atom. The molecule has 2 amide bonds. The number of esters is 1. The zero-order valence-corrected chi connectivity index (χ0v) is 19.1. The highest BCUT2D eigenvalue weighted by Crippen LogP contribution is 2.30. The predicted octanol–water partition coefficient (Wildman–Crippen LogP) is 2.32. The van der Waals surface area contributed by atoms with Crippen LogP contribution in [0.3, 0.4) is 0 Å². The number of aliphatic hydroxyl groups excluding tert-OH is 1. The van der Waals surface area contributed by atoms with E-state index in [-0.39, 0.29) is 26.2 Å². The van der Waals surface area contributed by atoms with Crippen LogP contribution in [-0.4, -0.2) is 63.9 Å². The fourth-order valence-electron chi connectivity index (χ4n) is 3.99.